The van der Waals surface area contributed by atoms with Gasteiger partial charge in [0.2, 0.25) is 0 Å². The smallest absolute Gasteiger partial charge is 0.255 e. The van der Waals surface area contributed by atoms with Crippen molar-refractivity contribution in [3.8, 4) is 0 Å². The molecule has 2 aliphatic rings. The van der Waals surface area contributed by atoms with Crippen LogP contribution in [0.4, 0.5) is 5.13 Å². The summed E-state index contributed by atoms with van der Waals surface area (Å²) in [6, 6.07) is 7.97. The van der Waals surface area contributed by atoms with E-state index in [0.29, 0.717) is 6.10 Å². The maximum Gasteiger partial charge on any atom is 0.255 e. The van der Waals surface area contributed by atoms with Gasteiger partial charge in [-0.2, -0.15) is 0 Å². The van der Waals surface area contributed by atoms with E-state index >= 15 is 0 Å². The minimum Gasteiger partial charge on any atom is -0.377 e. The van der Waals surface area contributed by atoms with Crippen LogP contribution in [-0.4, -0.2) is 60.4 Å². The summed E-state index contributed by atoms with van der Waals surface area (Å²) in [5.74, 6) is 1.06. The fourth-order valence-corrected chi connectivity index (χ4v) is 5.18. The summed E-state index contributed by atoms with van der Waals surface area (Å²) in [6.45, 7) is 4.02. The molecular formula is C19H23N3O2S2. The quantitative estimate of drug-likeness (QED) is 0.734. The van der Waals surface area contributed by atoms with Crippen molar-refractivity contribution < 1.29 is 9.53 Å². The lowest BCUT2D eigenvalue weighted by molar-refractivity contribution is 0.0743. The average molecular weight is 390 g/mol. The number of nitrogens with zero attached hydrogens (tertiary/aromatic N) is 3. The number of thiazole rings is 1. The zero-order valence-corrected chi connectivity index (χ0v) is 16.3. The number of hydrogen-bond donors (Lipinski definition) is 0. The number of hydrogen-bond acceptors (Lipinski definition) is 6. The normalized spacial score (nSPS) is 20.5. The topological polar surface area (TPSA) is 45.7 Å². The summed E-state index contributed by atoms with van der Waals surface area (Å²) in [7, 11) is 0. The van der Waals surface area contributed by atoms with E-state index in [0.717, 1.165) is 67.0 Å². The van der Waals surface area contributed by atoms with Gasteiger partial charge in [-0.1, -0.05) is 12.1 Å². The molecule has 0 spiro atoms. The van der Waals surface area contributed by atoms with Crippen molar-refractivity contribution in [2.75, 3.05) is 43.4 Å². The number of benzene rings is 1. The van der Waals surface area contributed by atoms with Crippen LogP contribution in [0.25, 0.3) is 0 Å². The lowest BCUT2D eigenvalue weighted by Gasteiger charge is -2.34. The van der Waals surface area contributed by atoms with Crippen LogP contribution in [0.2, 0.25) is 0 Å². The first-order valence-electron chi connectivity index (χ1n) is 9.08. The highest BCUT2D eigenvalue weighted by atomic mass is 32.2. The molecule has 0 aliphatic carbocycles. The van der Waals surface area contributed by atoms with E-state index < -0.39 is 0 Å². The van der Waals surface area contributed by atoms with Crippen molar-refractivity contribution in [1.29, 1.82) is 0 Å². The van der Waals surface area contributed by atoms with Crippen LogP contribution in [0, 0.1) is 0 Å². The second-order valence-corrected chi connectivity index (χ2v) is 8.47. The standard InChI is InChI=1S/C19H23N3O2S2/c23-18(21-8-10-22(11-9-21)19-20-7-13-25-19)16-5-1-2-6-17(16)26-14-15-4-3-12-24-15/h1-2,5-7,13,15H,3-4,8-12,14H2. The van der Waals surface area contributed by atoms with E-state index in [1.54, 1.807) is 23.1 Å². The molecule has 1 unspecified atom stereocenters. The first kappa shape index (κ1) is 17.8. The molecular weight excluding hydrogens is 366 g/mol. The molecule has 5 nitrogen and oxygen atoms in total. The summed E-state index contributed by atoms with van der Waals surface area (Å²) in [4.78, 5) is 22.7. The molecule has 0 bridgehead atoms. The zero-order chi connectivity index (χ0) is 17.8. The highest BCUT2D eigenvalue weighted by Gasteiger charge is 2.25. The Morgan fingerprint density at radius 3 is 2.85 bits per heavy atom. The molecule has 2 aromatic rings. The number of ether oxygens (including phenoxy) is 1. The van der Waals surface area contributed by atoms with Crippen molar-refractivity contribution in [2.24, 2.45) is 0 Å². The number of rotatable bonds is 5. The lowest BCUT2D eigenvalue weighted by Crippen LogP contribution is -2.48. The second kappa shape index (κ2) is 8.41. The number of piperazine rings is 1. The van der Waals surface area contributed by atoms with Crippen LogP contribution in [0.1, 0.15) is 23.2 Å². The van der Waals surface area contributed by atoms with Gasteiger partial charge in [0.15, 0.2) is 5.13 Å². The van der Waals surface area contributed by atoms with E-state index in [1.165, 1.54) is 0 Å². The van der Waals surface area contributed by atoms with Crippen molar-refractivity contribution in [1.82, 2.24) is 9.88 Å². The SMILES string of the molecule is O=C(c1ccccc1SCC1CCCO1)N1CCN(c2nccs2)CC1. The molecule has 1 aromatic heterocycles. The van der Waals surface area contributed by atoms with Gasteiger partial charge in [-0.25, -0.2) is 4.98 Å². The van der Waals surface area contributed by atoms with E-state index in [1.807, 2.05) is 34.7 Å². The number of carbonyl (C=O) groups is 1. The maximum atomic E-state index is 13.1. The van der Waals surface area contributed by atoms with Gasteiger partial charge < -0.3 is 14.5 Å². The van der Waals surface area contributed by atoms with Crippen LogP contribution in [0.15, 0.2) is 40.7 Å². The Morgan fingerprint density at radius 1 is 1.27 bits per heavy atom. The van der Waals surface area contributed by atoms with Gasteiger partial charge >= 0.3 is 0 Å². The van der Waals surface area contributed by atoms with Crippen LogP contribution in [0.5, 0.6) is 0 Å². The third kappa shape index (κ3) is 4.05. The van der Waals surface area contributed by atoms with Gasteiger partial charge in [-0.3, -0.25) is 4.79 Å². The third-order valence-corrected chi connectivity index (χ3v) is 6.86. The largest absolute Gasteiger partial charge is 0.377 e. The Labute approximate surface area is 162 Å². The molecule has 0 saturated carbocycles. The number of thioether (sulfide) groups is 1. The van der Waals surface area contributed by atoms with E-state index in [2.05, 4.69) is 16.0 Å². The number of aromatic nitrogens is 1. The summed E-state index contributed by atoms with van der Waals surface area (Å²) in [5, 5.41) is 3.04. The molecule has 2 fully saturated rings. The first-order valence-corrected chi connectivity index (χ1v) is 10.9. The Bertz CT molecular complexity index is 724. The second-order valence-electron chi connectivity index (χ2n) is 6.54. The molecule has 4 rings (SSSR count). The molecule has 2 saturated heterocycles. The fraction of sp³-hybridized carbons (Fsp3) is 0.474. The molecule has 3 heterocycles. The number of carbonyl (C=O) groups excluding carboxylic acids is 1. The molecule has 1 amide bonds. The van der Waals surface area contributed by atoms with Crippen LogP contribution in [0.3, 0.4) is 0 Å². The molecule has 7 heteroatoms. The Hall–Kier alpha value is -1.57. The minimum atomic E-state index is 0.138. The van der Waals surface area contributed by atoms with Crippen molar-refractivity contribution >= 4 is 34.1 Å². The van der Waals surface area contributed by atoms with Crippen molar-refractivity contribution in [3.05, 3.63) is 41.4 Å². The monoisotopic (exact) mass is 389 g/mol. The molecule has 26 heavy (non-hydrogen) atoms. The van der Waals surface area contributed by atoms with E-state index in [4.69, 9.17) is 4.74 Å². The Balaban J connectivity index is 1.38. The summed E-state index contributed by atoms with van der Waals surface area (Å²) in [5.41, 5.74) is 0.818. The third-order valence-electron chi connectivity index (χ3n) is 4.82. The summed E-state index contributed by atoms with van der Waals surface area (Å²) in [6.07, 6.45) is 4.43. The van der Waals surface area contributed by atoms with E-state index in [9.17, 15) is 4.79 Å². The fourth-order valence-electron chi connectivity index (χ4n) is 3.37. The highest BCUT2D eigenvalue weighted by molar-refractivity contribution is 7.99. The van der Waals surface area contributed by atoms with Gasteiger partial charge in [0, 0.05) is 55.0 Å². The molecule has 1 atom stereocenters. The minimum absolute atomic E-state index is 0.138. The summed E-state index contributed by atoms with van der Waals surface area (Å²) < 4.78 is 5.71. The van der Waals surface area contributed by atoms with Crippen LogP contribution < -0.4 is 4.90 Å². The van der Waals surface area contributed by atoms with E-state index in [-0.39, 0.29) is 5.91 Å². The van der Waals surface area contributed by atoms with Gasteiger partial charge in [-0.15, -0.1) is 23.1 Å². The Kier molecular flexibility index (Phi) is 5.77. The molecule has 2 aliphatic heterocycles. The predicted molar refractivity (Wildman–Crippen MR) is 106 cm³/mol. The average Bonchev–Trinajstić information content (AvgIpc) is 3.40. The van der Waals surface area contributed by atoms with Gasteiger partial charge in [0.05, 0.1) is 11.7 Å². The molecule has 0 N–H and O–H groups in total. The summed E-state index contributed by atoms with van der Waals surface area (Å²) >= 11 is 3.40. The van der Waals surface area contributed by atoms with Crippen LogP contribution >= 0.6 is 23.1 Å². The highest BCUT2D eigenvalue weighted by Crippen LogP contribution is 2.28. The maximum absolute atomic E-state index is 13.1. The van der Waals surface area contributed by atoms with Crippen molar-refractivity contribution in [3.63, 3.8) is 0 Å². The lowest BCUT2D eigenvalue weighted by atomic mass is 10.2. The van der Waals surface area contributed by atoms with Crippen LogP contribution in [-0.2, 0) is 4.74 Å². The number of amides is 1. The zero-order valence-electron chi connectivity index (χ0n) is 14.7. The number of anilines is 1. The Morgan fingerprint density at radius 2 is 2.12 bits per heavy atom. The van der Waals surface area contributed by atoms with Gasteiger partial charge in [0.1, 0.15) is 0 Å². The first-order chi connectivity index (χ1) is 12.8. The molecule has 138 valence electrons. The molecule has 0 radical (unpaired) electrons. The van der Waals surface area contributed by atoms with Gasteiger partial charge in [-0.05, 0) is 25.0 Å². The van der Waals surface area contributed by atoms with Gasteiger partial charge in [0.25, 0.3) is 5.91 Å². The van der Waals surface area contributed by atoms with Crippen molar-refractivity contribution in [2.45, 2.75) is 23.8 Å². The molecule has 1 aromatic carbocycles. The predicted octanol–water partition coefficient (Wildman–Crippen LogP) is 3.38.